The number of hydrogen-bond acceptors (Lipinski definition) is 2. The van der Waals surface area contributed by atoms with Crippen molar-refractivity contribution in [3.05, 3.63) is 0 Å². The molecule has 4 heteroatoms. The summed E-state index contributed by atoms with van der Waals surface area (Å²) in [5, 5.41) is 2.95. The van der Waals surface area contributed by atoms with Crippen LogP contribution in [0.15, 0.2) is 0 Å². The Hall–Kier alpha value is -1.06. The van der Waals surface area contributed by atoms with Crippen molar-refractivity contribution in [2.24, 2.45) is 17.8 Å². The summed E-state index contributed by atoms with van der Waals surface area (Å²) in [4.78, 5) is 26.9. The van der Waals surface area contributed by atoms with Gasteiger partial charge in [-0.3, -0.25) is 9.59 Å². The Bertz CT molecular complexity index is 432. The molecule has 0 aromatic rings. The van der Waals surface area contributed by atoms with Crippen molar-refractivity contribution in [3.63, 3.8) is 0 Å². The molecular formula is C15H22N2O2. The van der Waals surface area contributed by atoms with E-state index in [-0.39, 0.29) is 23.9 Å². The van der Waals surface area contributed by atoms with Gasteiger partial charge >= 0.3 is 0 Å². The van der Waals surface area contributed by atoms with E-state index in [1.807, 2.05) is 11.8 Å². The van der Waals surface area contributed by atoms with E-state index in [0.717, 1.165) is 25.2 Å². The smallest absolute Gasteiger partial charge is 0.246 e. The molecule has 0 spiro atoms. The molecule has 4 fully saturated rings. The molecule has 3 saturated carbocycles. The summed E-state index contributed by atoms with van der Waals surface area (Å²) in [6.45, 7) is 1.89. The van der Waals surface area contributed by atoms with Gasteiger partial charge in [0.15, 0.2) is 0 Å². The van der Waals surface area contributed by atoms with Crippen LogP contribution in [0.4, 0.5) is 0 Å². The third kappa shape index (κ3) is 1.72. The fraction of sp³-hybridized carbons (Fsp3) is 0.867. The monoisotopic (exact) mass is 262 g/mol. The van der Waals surface area contributed by atoms with Crippen molar-refractivity contribution in [2.75, 3.05) is 0 Å². The third-order valence-corrected chi connectivity index (χ3v) is 5.77. The van der Waals surface area contributed by atoms with E-state index in [2.05, 4.69) is 5.32 Å². The summed E-state index contributed by atoms with van der Waals surface area (Å²) in [5.41, 5.74) is 0. The Morgan fingerprint density at radius 3 is 2.37 bits per heavy atom. The van der Waals surface area contributed by atoms with Crippen LogP contribution in [-0.2, 0) is 9.59 Å². The predicted octanol–water partition coefficient (Wildman–Crippen LogP) is 1.30. The number of carbonyl (C=O) groups excluding carboxylic acids is 2. The Balaban J connectivity index is 1.60. The summed E-state index contributed by atoms with van der Waals surface area (Å²) < 4.78 is 0. The molecule has 5 atom stereocenters. The van der Waals surface area contributed by atoms with Gasteiger partial charge in [-0.05, 0) is 56.8 Å². The standard InChI is InChI=1S/C15H22N2O2/c1-8-14(18)16-13(10-4-5-10)15(19)17(8)12-7-9-2-3-11(12)6-9/h8-13H,2-7H2,1H3,(H,16,18). The summed E-state index contributed by atoms with van der Waals surface area (Å²) >= 11 is 0. The van der Waals surface area contributed by atoms with Crippen LogP contribution in [0, 0.1) is 17.8 Å². The zero-order valence-corrected chi connectivity index (χ0v) is 11.5. The number of nitrogens with one attached hydrogen (secondary N) is 1. The van der Waals surface area contributed by atoms with Gasteiger partial charge in [-0.25, -0.2) is 0 Å². The van der Waals surface area contributed by atoms with E-state index >= 15 is 0 Å². The largest absolute Gasteiger partial charge is 0.342 e. The average molecular weight is 262 g/mol. The maximum absolute atomic E-state index is 12.7. The molecule has 1 saturated heterocycles. The molecule has 1 heterocycles. The van der Waals surface area contributed by atoms with Gasteiger partial charge < -0.3 is 10.2 Å². The summed E-state index contributed by atoms with van der Waals surface area (Å²) in [6, 6.07) is -0.150. The Labute approximate surface area is 113 Å². The lowest BCUT2D eigenvalue weighted by atomic mass is 9.90. The van der Waals surface area contributed by atoms with E-state index < -0.39 is 0 Å². The SMILES string of the molecule is CC1C(=O)NC(C2CC2)C(=O)N1C1CC2CCC1C2. The highest BCUT2D eigenvalue weighted by Gasteiger charge is 2.51. The molecule has 0 aromatic heterocycles. The van der Waals surface area contributed by atoms with Crippen molar-refractivity contribution < 1.29 is 9.59 Å². The highest BCUT2D eigenvalue weighted by molar-refractivity contribution is 5.97. The van der Waals surface area contributed by atoms with Gasteiger partial charge in [-0.15, -0.1) is 0 Å². The van der Waals surface area contributed by atoms with Gasteiger partial charge in [-0.1, -0.05) is 6.42 Å². The second-order valence-corrected chi connectivity index (χ2v) is 6.99. The summed E-state index contributed by atoms with van der Waals surface area (Å²) in [6.07, 6.45) is 7.17. The van der Waals surface area contributed by atoms with Crippen LogP contribution in [0.1, 0.15) is 45.4 Å². The number of carbonyl (C=O) groups is 2. The van der Waals surface area contributed by atoms with Gasteiger partial charge in [0.05, 0.1) is 0 Å². The molecule has 4 aliphatic rings. The Kier molecular flexibility index (Phi) is 2.45. The molecule has 3 aliphatic carbocycles. The number of piperazine rings is 1. The zero-order chi connectivity index (χ0) is 13.1. The molecule has 0 aromatic carbocycles. The van der Waals surface area contributed by atoms with Crippen molar-refractivity contribution in [3.8, 4) is 0 Å². The third-order valence-electron chi connectivity index (χ3n) is 5.77. The van der Waals surface area contributed by atoms with Crippen molar-refractivity contribution >= 4 is 11.8 Å². The normalized spacial score (nSPS) is 45.7. The van der Waals surface area contributed by atoms with Crippen LogP contribution in [0.2, 0.25) is 0 Å². The van der Waals surface area contributed by atoms with Crippen molar-refractivity contribution in [2.45, 2.75) is 63.6 Å². The summed E-state index contributed by atoms with van der Waals surface area (Å²) in [7, 11) is 0. The second kappa shape index (κ2) is 3.97. The lowest BCUT2D eigenvalue weighted by Gasteiger charge is -2.43. The number of nitrogens with zero attached hydrogens (tertiary/aromatic N) is 1. The molecular weight excluding hydrogens is 240 g/mol. The van der Waals surface area contributed by atoms with E-state index in [9.17, 15) is 9.59 Å². The van der Waals surface area contributed by atoms with Crippen LogP contribution in [0.3, 0.4) is 0 Å². The van der Waals surface area contributed by atoms with Gasteiger partial charge in [0, 0.05) is 6.04 Å². The molecule has 19 heavy (non-hydrogen) atoms. The molecule has 4 nitrogen and oxygen atoms in total. The van der Waals surface area contributed by atoms with Gasteiger partial charge in [0.1, 0.15) is 12.1 Å². The highest BCUT2D eigenvalue weighted by Crippen LogP contribution is 2.48. The first-order valence-electron chi connectivity index (χ1n) is 7.77. The molecule has 1 aliphatic heterocycles. The average Bonchev–Trinajstić information content (AvgIpc) is 3.02. The number of amides is 2. The number of rotatable bonds is 2. The molecule has 2 amide bonds. The van der Waals surface area contributed by atoms with Crippen molar-refractivity contribution in [1.82, 2.24) is 10.2 Å². The molecule has 4 rings (SSSR count). The maximum atomic E-state index is 12.7. The molecule has 0 radical (unpaired) electrons. The minimum absolute atomic E-state index is 0.0549. The van der Waals surface area contributed by atoms with Crippen LogP contribution in [0.25, 0.3) is 0 Å². The van der Waals surface area contributed by atoms with Crippen LogP contribution in [-0.4, -0.2) is 34.8 Å². The van der Waals surface area contributed by atoms with Crippen LogP contribution < -0.4 is 5.32 Å². The molecule has 5 unspecified atom stereocenters. The van der Waals surface area contributed by atoms with Gasteiger partial charge in [-0.2, -0.15) is 0 Å². The number of hydrogen-bond donors (Lipinski definition) is 1. The van der Waals surface area contributed by atoms with Crippen LogP contribution >= 0.6 is 0 Å². The zero-order valence-electron chi connectivity index (χ0n) is 11.5. The fourth-order valence-corrected chi connectivity index (χ4v) is 4.56. The van der Waals surface area contributed by atoms with Crippen molar-refractivity contribution in [1.29, 1.82) is 0 Å². The Morgan fingerprint density at radius 1 is 1.05 bits per heavy atom. The summed E-state index contributed by atoms with van der Waals surface area (Å²) in [5.74, 6) is 2.12. The quantitative estimate of drug-likeness (QED) is 0.815. The maximum Gasteiger partial charge on any atom is 0.246 e. The van der Waals surface area contributed by atoms with E-state index in [0.29, 0.717) is 17.9 Å². The van der Waals surface area contributed by atoms with Gasteiger partial charge in [0.25, 0.3) is 0 Å². The Morgan fingerprint density at radius 2 is 1.79 bits per heavy atom. The molecule has 2 bridgehead atoms. The van der Waals surface area contributed by atoms with E-state index in [1.54, 1.807) is 0 Å². The topological polar surface area (TPSA) is 49.4 Å². The number of fused-ring (bicyclic) bond motifs is 2. The van der Waals surface area contributed by atoms with Gasteiger partial charge in [0.2, 0.25) is 11.8 Å². The highest BCUT2D eigenvalue weighted by atomic mass is 16.2. The first kappa shape index (κ1) is 11.7. The first-order valence-corrected chi connectivity index (χ1v) is 7.77. The predicted molar refractivity (Wildman–Crippen MR) is 70.2 cm³/mol. The lowest BCUT2D eigenvalue weighted by Crippen LogP contribution is -2.66. The van der Waals surface area contributed by atoms with E-state index in [1.165, 1.54) is 19.3 Å². The molecule has 1 N–H and O–H groups in total. The molecule has 104 valence electrons. The van der Waals surface area contributed by atoms with Crippen LogP contribution in [0.5, 0.6) is 0 Å². The fourth-order valence-electron chi connectivity index (χ4n) is 4.56. The minimum atomic E-state index is -0.271. The lowest BCUT2D eigenvalue weighted by molar-refractivity contribution is -0.153. The second-order valence-electron chi connectivity index (χ2n) is 6.99. The minimum Gasteiger partial charge on any atom is -0.342 e. The van der Waals surface area contributed by atoms with E-state index in [4.69, 9.17) is 0 Å². The first-order chi connectivity index (χ1) is 9.15.